The highest BCUT2D eigenvalue weighted by atomic mass is 127. The molecule has 27 heavy (non-hydrogen) atoms. The molecule has 2 rings (SSSR count). The number of phenols is 1. The van der Waals surface area contributed by atoms with Crippen LogP contribution < -0.4 is 10.6 Å². The van der Waals surface area contributed by atoms with Gasteiger partial charge >= 0.3 is 5.97 Å². The molecule has 1 fully saturated rings. The molecular weight excluding hydrogens is 467 g/mol. The summed E-state index contributed by atoms with van der Waals surface area (Å²) in [5.74, 6) is -1.62. The number of halogens is 1. The smallest absolute Gasteiger partial charge is 0.336 e. The Hall–Kier alpha value is -1.88. The molecule has 1 aromatic carbocycles. The van der Waals surface area contributed by atoms with Crippen LogP contribution in [-0.4, -0.2) is 52.8 Å². The van der Waals surface area contributed by atoms with Crippen LogP contribution in [-0.2, 0) is 25.5 Å². The van der Waals surface area contributed by atoms with Gasteiger partial charge in [-0.3, -0.25) is 9.59 Å². The molecule has 148 valence electrons. The Labute approximate surface area is 170 Å². The summed E-state index contributed by atoms with van der Waals surface area (Å²) in [6, 6.07) is 4.05. The van der Waals surface area contributed by atoms with Gasteiger partial charge in [0.25, 0.3) is 5.91 Å². The van der Waals surface area contributed by atoms with Crippen molar-refractivity contribution in [1.29, 1.82) is 0 Å². The average molecular weight is 490 g/mol. The Morgan fingerprint density at radius 3 is 2.52 bits per heavy atom. The topological polar surface area (TPSA) is 128 Å². The maximum atomic E-state index is 12.5. The lowest BCUT2D eigenvalue weighted by Crippen LogP contribution is -2.49. The van der Waals surface area contributed by atoms with Gasteiger partial charge in [-0.1, -0.05) is 19.9 Å². The number of nitrogens with one attached hydrogen (secondary N) is 2. The number of benzene rings is 1. The number of aliphatic carboxylic acids is 1. The second-order valence-electron chi connectivity index (χ2n) is 6.84. The van der Waals surface area contributed by atoms with E-state index in [0.717, 1.165) is 12.0 Å². The van der Waals surface area contributed by atoms with E-state index < -0.39 is 30.1 Å². The van der Waals surface area contributed by atoms with E-state index in [1.165, 1.54) is 6.07 Å². The number of carbonyl (C=O) groups excluding carboxylic acids is 2. The number of hydrogen-bond acceptors (Lipinski definition) is 5. The molecule has 4 N–H and O–H groups in total. The largest absolute Gasteiger partial charge is 0.507 e. The van der Waals surface area contributed by atoms with Gasteiger partial charge in [0.05, 0.1) is 3.57 Å². The van der Waals surface area contributed by atoms with Crippen LogP contribution in [0.5, 0.6) is 5.75 Å². The van der Waals surface area contributed by atoms with Gasteiger partial charge in [-0.05, 0) is 52.6 Å². The van der Waals surface area contributed by atoms with Crippen molar-refractivity contribution >= 4 is 40.4 Å². The van der Waals surface area contributed by atoms with E-state index in [1.54, 1.807) is 12.1 Å². The highest BCUT2D eigenvalue weighted by Crippen LogP contribution is 2.23. The fraction of sp³-hybridized carbons (Fsp3) is 0.500. The summed E-state index contributed by atoms with van der Waals surface area (Å²) < 4.78 is 5.47. The number of hydrogen-bond donors (Lipinski definition) is 4. The summed E-state index contributed by atoms with van der Waals surface area (Å²) in [6.45, 7) is 4.56. The van der Waals surface area contributed by atoms with Crippen LogP contribution >= 0.6 is 22.6 Å². The first kappa shape index (κ1) is 21.4. The van der Waals surface area contributed by atoms with Crippen LogP contribution in [0, 0.1) is 9.49 Å². The van der Waals surface area contributed by atoms with Crippen molar-refractivity contribution in [3.8, 4) is 5.75 Å². The summed E-state index contributed by atoms with van der Waals surface area (Å²) in [5, 5.41) is 23.9. The van der Waals surface area contributed by atoms with Gasteiger partial charge in [0.1, 0.15) is 11.8 Å². The van der Waals surface area contributed by atoms with Gasteiger partial charge < -0.3 is 25.6 Å². The van der Waals surface area contributed by atoms with Gasteiger partial charge in [-0.15, -0.1) is 0 Å². The highest BCUT2D eigenvalue weighted by molar-refractivity contribution is 14.1. The van der Waals surface area contributed by atoms with E-state index in [-0.39, 0.29) is 18.1 Å². The quantitative estimate of drug-likeness (QED) is 0.303. The van der Waals surface area contributed by atoms with E-state index >= 15 is 0 Å². The number of ether oxygens (including phenoxy) is 1. The normalized spacial score (nSPS) is 19.4. The monoisotopic (exact) mass is 490 g/mol. The predicted molar refractivity (Wildman–Crippen MR) is 105 cm³/mol. The van der Waals surface area contributed by atoms with Crippen LogP contribution in [0.25, 0.3) is 0 Å². The molecule has 1 heterocycles. The van der Waals surface area contributed by atoms with E-state index in [1.807, 2.05) is 36.4 Å². The summed E-state index contributed by atoms with van der Waals surface area (Å²) >= 11 is 1.98. The number of aromatic hydroxyl groups is 1. The minimum Gasteiger partial charge on any atom is -0.507 e. The molecular formula is C18H23IN2O6. The number of amides is 2. The molecule has 0 bridgehead atoms. The van der Waals surface area contributed by atoms with Gasteiger partial charge in [0.2, 0.25) is 5.91 Å². The molecule has 3 atom stereocenters. The zero-order chi connectivity index (χ0) is 20.1. The first-order valence-corrected chi connectivity index (χ1v) is 9.70. The van der Waals surface area contributed by atoms with Gasteiger partial charge in [-0.2, -0.15) is 0 Å². The number of carbonyl (C=O) groups is 3. The third-order valence-corrected chi connectivity index (χ3v) is 4.96. The second-order valence-corrected chi connectivity index (χ2v) is 8.00. The first-order valence-electron chi connectivity index (χ1n) is 8.62. The van der Waals surface area contributed by atoms with E-state index in [2.05, 4.69) is 10.6 Å². The minimum absolute atomic E-state index is 0.136. The molecule has 0 saturated carbocycles. The molecule has 1 aliphatic rings. The Morgan fingerprint density at radius 1 is 1.26 bits per heavy atom. The number of carboxylic acids is 1. The van der Waals surface area contributed by atoms with E-state index in [0.29, 0.717) is 16.0 Å². The van der Waals surface area contributed by atoms with Gasteiger partial charge in [0, 0.05) is 13.0 Å². The summed E-state index contributed by atoms with van der Waals surface area (Å²) in [6.07, 6.45) is -1.23. The number of rotatable bonds is 9. The lowest BCUT2D eigenvalue weighted by Gasteiger charge is -2.19. The van der Waals surface area contributed by atoms with Gasteiger partial charge in [-0.25, -0.2) is 4.79 Å². The molecule has 0 aliphatic carbocycles. The zero-order valence-electron chi connectivity index (χ0n) is 15.1. The molecule has 2 amide bonds. The van der Waals surface area contributed by atoms with Crippen LogP contribution in [0.3, 0.4) is 0 Å². The Balaban J connectivity index is 2.05. The molecule has 0 spiro atoms. The van der Waals surface area contributed by atoms with Crippen molar-refractivity contribution in [1.82, 2.24) is 10.6 Å². The van der Waals surface area contributed by atoms with Crippen LogP contribution in [0.15, 0.2) is 18.2 Å². The molecule has 0 unspecified atom stereocenters. The third-order valence-electron chi connectivity index (χ3n) is 4.10. The number of phenolic OH excluding ortho intramolecular Hbond substituents is 1. The lowest BCUT2D eigenvalue weighted by molar-refractivity contribution is -0.138. The Bertz CT molecular complexity index is 724. The molecule has 8 nitrogen and oxygen atoms in total. The van der Waals surface area contributed by atoms with Crippen molar-refractivity contribution in [2.45, 2.75) is 44.9 Å². The average Bonchev–Trinajstić information content (AvgIpc) is 3.38. The molecule has 9 heteroatoms. The maximum Gasteiger partial charge on any atom is 0.336 e. The zero-order valence-corrected chi connectivity index (χ0v) is 17.2. The fourth-order valence-electron chi connectivity index (χ4n) is 2.48. The van der Waals surface area contributed by atoms with Crippen molar-refractivity contribution < 1.29 is 29.3 Å². The lowest BCUT2D eigenvalue weighted by atomic mass is 10.0. The SMILES string of the molecule is CC(C)CCNC(=O)[C@H](Cc1ccc(O)c(I)c1)NC(=O)[C@H]1O[C@@H]1C(=O)O. The number of carboxylic acid groups (broad SMARTS) is 1. The van der Waals surface area contributed by atoms with Crippen molar-refractivity contribution in [2.75, 3.05) is 6.54 Å². The van der Waals surface area contributed by atoms with Crippen molar-refractivity contribution in [3.05, 3.63) is 27.3 Å². The maximum absolute atomic E-state index is 12.5. The number of epoxide rings is 1. The Kier molecular flexibility index (Phi) is 7.42. The van der Waals surface area contributed by atoms with Crippen LogP contribution in [0.1, 0.15) is 25.8 Å². The predicted octanol–water partition coefficient (Wildman–Crippen LogP) is 1.04. The molecule has 0 aromatic heterocycles. The summed E-state index contributed by atoms with van der Waals surface area (Å²) in [7, 11) is 0. The molecule has 1 aromatic rings. The summed E-state index contributed by atoms with van der Waals surface area (Å²) in [4.78, 5) is 35.6. The standard InChI is InChI=1S/C18H23IN2O6/c1-9(2)5-6-20-16(23)12(8-10-3-4-13(22)11(19)7-10)21-17(24)14-15(27-14)18(25)26/h3-4,7,9,12,14-15,22H,5-6,8H2,1-2H3,(H,20,23)(H,21,24)(H,25,26)/t12-,14-,15-/m0/s1. The van der Waals surface area contributed by atoms with Crippen LogP contribution in [0.4, 0.5) is 0 Å². The van der Waals surface area contributed by atoms with Gasteiger partial charge in [0.15, 0.2) is 12.2 Å². The third kappa shape index (κ3) is 6.35. The highest BCUT2D eigenvalue weighted by Gasteiger charge is 2.51. The fourth-order valence-corrected chi connectivity index (χ4v) is 3.06. The Morgan fingerprint density at radius 2 is 1.96 bits per heavy atom. The van der Waals surface area contributed by atoms with E-state index in [9.17, 15) is 19.5 Å². The molecule has 1 aliphatic heterocycles. The molecule has 0 radical (unpaired) electrons. The van der Waals surface area contributed by atoms with Crippen molar-refractivity contribution in [3.63, 3.8) is 0 Å². The molecule has 1 saturated heterocycles. The second kappa shape index (κ2) is 9.36. The van der Waals surface area contributed by atoms with Crippen LogP contribution in [0.2, 0.25) is 0 Å². The summed E-state index contributed by atoms with van der Waals surface area (Å²) in [5.41, 5.74) is 0.757. The van der Waals surface area contributed by atoms with E-state index in [4.69, 9.17) is 9.84 Å². The van der Waals surface area contributed by atoms with Crippen molar-refractivity contribution in [2.24, 2.45) is 5.92 Å². The first-order chi connectivity index (χ1) is 12.7. The minimum atomic E-state index is -1.21.